The van der Waals surface area contributed by atoms with Crippen LogP contribution in [-0.2, 0) is 4.79 Å². The van der Waals surface area contributed by atoms with Crippen LogP contribution in [0.15, 0.2) is 59.5 Å². The summed E-state index contributed by atoms with van der Waals surface area (Å²) in [6, 6.07) is 19.1. The number of ether oxygens (including phenoxy) is 1. The van der Waals surface area contributed by atoms with E-state index in [1.165, 1.54) is 11.8 Å². The number of carbonyl (C=O) groups excluding carboxylic acids is 1. The van der Waals surface area contributed by atoms with Gasteiger partial charge in [0.1, 0.15) is 5.75 Å². The Labute approximate surface area is 140 Å². The lowest BCUT2D eigenvalue weighted by atomic mass is 10.2. The molecule has 0 heterocycles. The van der Waals surface area contributed by atoms with Crippen molar-refractivity contribution >= 4 is 23.4 Å². The van der Waals surface area contributed by atoms with E-state index in [0.717, 1.165) is 16.3 Å². The summed E-state index contributed by atoms with van der Waals surface area (Å²) in [4.78, 5) is 15.2. The highest BCUT2D eigenvalue weighted by Gasteiger charge is 2.15. The van der Waals surface area contributed by atoms with Crippen molar-refractivity contribution in [1.82, 2.24) is 0 Å². The molecule has 1 amide bonds. The summed E-state index contributed by atoms with van der Waals surface area (Å²) in [6.45, 7) is 0.405. The van der Waals surface area contributed by atoms with E-state index in [2.05, 4.69) is 6.07 Å². The zero-order valence-corrected chi connectivity index (χ0v) is 13.8. The minimum atomic E-state index is -0.00716. The number of nitriles is 1. The average molecular weight is 326 g/mol. The number of methoxy groups -OCH3 is 1. The zero-order chi connectivity index (χ0) is 16.5. The molecule has 5 heteroatoms. The van der Waals surface area contributed by atoms with Crippen LogP contribution < -0.4 is 9.64 Å². The Morgan fingerprint density at radius 1 is 1.17 bits per heavy atom. The number of carbonyl (C=O) groups is 1. The van der Waals surface area contributed by atoms with Gasteiger partial charge in [-0.25, -0.2) is 0 Å². The first-order chi connectivity index (χ1) is 11.2. The second-order valence-electron chi connectivity index (χ2n) is 4.75. The lowest BCUT2D eigenvalue weighted by Crippen LogP contribution is -2.33. The van der Waals surface area contributed by atoms with E-state index >= 15 is 0 Å². The van der Waals surface area contributed by atoms with E-state index in [1.807, 2.05) is 54.6 Å². The molecule has 0 aliphatic rings. The van der Waals surface area contributed by atoms with Gasteiger partial charge in [-0.15, -0.1) is 11.8 Å². The van der Waals surface area contributed by atoms with Crippen molar-refractivity contribution in [3.05, 3.63) is 54.6 Å². The molecular formula is C18H18N2O2S. The summed E-state index contributed by atoms with van der Waals surface area (Å²) in [5.41, 5.74) is 0.822. The van der Waals surface area contributed by atoms with Gasteiger partial charge in [-0.05, 0) is 36.4 Å². The molecule has 0 saturated carbocycles. The number of anilines is 1. The van der Waals surface area contributed by atoms with Crippen LogP contribution in [-0.4, -0.2) is 25.3 Å². The fourth-order valence-corrected chi connectivity index (χ4v) is 2.84. The summed E-state index contributed by atoms with van der Waals surface area (Å²) in [5.74, 6) is 1.11. The van der Waals surface area contributed by atoms with Crippen LogP contribution in [0.4, 0.5) is 5.69 Å². The molecule has 4 nitrogen and oxygen atoms in total. The van der Waals surface area contributed by atoms with Crippen LogP contribution in [0.1, 0.15) is 6.42 Å². The Morgan fingerprint density at radius 2 is 1.87 bits per heavy atom. The zero-order valence-electron chi connectivity index (χ0n) is 12.9. The number of hydrogen-bond acceptors (Lipinski definition) is 4. The maximum Gasteiger partial charge on any atom is 0.237 e. The second-order valence-corrected chi connectivity index (χ2v) is 5.80. The van der Waals surface area contributed by atoms with E-state index in [0.29, 0.717) is 18.7 Å². The third kappa shape index (κ3) is 5.04. The molecule has 0 atom stereocenters. The summed E-state index contributed by atoms with van der Waals surface area (Å²) >= 11 is 1.47. The first-order valence-electron chi connectivity index (χ1n) is 7.24. The van der Waals surface area contributed by atoms with Crippen molar-refractivity contribution < 1.29 is 9.53 Å². The highest BCUT2D eigenvalue weighted by Crippen LogP contribution is 2.23. The highest BCUT2D eigenvalue weighted by molar-refractivity contribution is 8.00. The molecule has 0 aliphatic heterocycles. The fraction of sp³-hybridized carbons (Fsp3) is 0.222. The number of para-hydroxylation sites is 1. The fourth-order valence-electron chi connectivity index (χ4n) is 2.06. The van der Waals surface area contributed by atoms with Gasteiger partial charge in [0, 0.05) is 17.1 Å². The summed E-state index contributed by atoms with van der Waals surface area (Å²) < 4.78 is 5.12. The predicted octanol–water partition coefficient (Wildman–Crippen LogP) is 3.73. The van der Waals surface area contributed by atoms with Crippen molar-refractivity contribution in [1.29, 1.82) is 5.26 Å². The van der Waals surface area contributed by atoms with Gasteiger partial charge < -0.3 is 9.64 Å². The number of hydrogen-bond donors (Lipinski definition) is 0. The van der Waals surface area contributed by atoms with Crippen LogP contribution in [0.2, 0.25) is 0 Å². The topological polar surface area (TPSA) is 53.3 Å². The third-order valence-electron chi connectivity index (χ3n) is 3.24. The second kappa shape index (κ2) is 8.86. The van der Waals surface area contributed by atoms with Gasteiger partial charge in [-0.3, -0.25) is 4.79 Å². The monoisotopic (exact) mass is 326 g/mol. The van der Waals surface area contributed by atoms with Gasteiger partial charge in [-0.2, -0.15) is 5.26 Å². The van der Waals surface area contributed by atoms with Crippen LogP contribution >= 0.6 is 11.8 Å². The number of amides is 1. The molecule has 0 fully saturated rings. The Balaban J connectivity index is 2.01. The Hall–Kier alpha value is -2.45. The summed E-state index contributed by atoms with van der Waals surface area (Å²) in [6.07, 6.45) is 0.313. The smallest absolute Gasteiger partial charge is 0.237 e. The molecule has 23 heavy (non-hydrogen) atoms. The number of benzene rings is 2. The van der Waals surface area contributed by atoms with Gasteiger partial charge in [0.2, 0.25) is 5.91 Å². The molecule has 0 aliphatic carbocycles. The normalized spacial score (nSPS) is 9.91. The minimum absolute atomic E-state index is 0.00716. The molecule has 118 valence electrons. The van der Waals surface area contributed by atoms with Crippen molar-refractivity contribution in [2.75, 3.05) is 24.3 Å². The maximum atomic E-state index is 12.5. The summed E-state index contributed by atoms with van der Waals surface area (Å²) in [5, 5.41) is 8.80. The molecule has 0 N–H and O–H groups in total. The highest BCUT2D eigenvalue weighted by atomic mass is 32.2. The molecule has 2 aromatic carbocycles. The van der Waals surface area contributed by atoms with Crippen LogP contribution in [0, 0.1) is 11.3 Å². The minimum Gasteiger partial charge on any atom is -0.497 e. The molecule has 0 saturated heterocycles. The van der Waals surface area contributed by atoms with Crippen molar-refractivity contribution in [3.8, 4) is 11.8 Å². The van der Waals surface area contributed by atoms with E-state index in [4.69, 9.17) is 10.00 Å². The predicted molar refractivity (Wildman–Crippen MR) is 92.7 cm³/mol. The van der Waals surface area contributed by atoms with Crippen LogP contribution in [0.3, 0.4) is 0 Å². The van der Waals surface area contributed by atoms with Crippen molar-refractivity contribution in [3.63, 3.8) is 0 Å². The lowest BCUT2D eigenvalue weighted by Gasteiger charge is -2.21. The van der Waals surface area contributed by atoms with E-state index < -0.39 is 0 Å². The number of thioether (sulfide) groups is 1. The van der Waals surface area contributed by atoms with E-state index in [-0.39, 0.29) is 5.91 Å². The third-order valence-corrected chi connectivity index (χ3v) is 4.23. The lowest BCUT2D eigenvalue weighted by molar-refractivity contribution is -0.116. The Kier molecular flexibility index (Phi) is 6.52. The van der Waals surface area contributed by atoms with Gasteiger partial charge in [0.15, 0.2) is 0 Å². The molecule has 0 spiro atoms. The molecule has 2 rings (SSSR count). The van der Waals surface area contributed by atoms with E-state index in [9.17, 15) is 4.79 Å². The SMILES string of the molecule is COc1ccc(SCC(=O)N(CCC#N)c2ccccc2)cc1. The quantitative estimate of drug-likeness (QED) is 0.727. The molecule has 2 aromatic rings. The Bertz CT molecular complexity index is 666. The largest absolute Gasteiger partial charge is 0.497 e. The molecule has 0 bridgehead atoms. The average Bonchev–Trinajstić information content (AvgIpc) is 2.61. The van der Waals surface area contributed by atoms with E-state index in [1.54, 1.807) is 12.0 Å². The van der Waals surface area contributed by atoms with Gasteiger partial charge in [0.05, 0.1) is 25.4 Å². The molecule has 0 unspecified atom stereocenters. The van der Waals surface area contributed by atoms with Gasteiger partial charge in [-0.1, -0.05) is 18.2 Å². The first kappa shape index (κ1) is 16.9. The standard InChI is InChI=1S/C18H18N2O2S/c1-22-16-8-10-17(11-9-16)23-14-18(21)20(13-5-12-19)15-6-3-2-4-7-15/h2-4,6-11H,5,13-14H2,1H3. The molecule has 0 aromatic heterocycles. The molecular weight excluding hydrogens is 308 g/mol. The maximum absolute atomic E-state index is 12.5. The summed E-state index contributed by atoms with van der Waals surface area (Å²) in [7, 11) is 1.62. The number of nitrogens with zero attached hydrogens (tertiary/aromatic N) is 2. The molecule has 0 radical (unpaired) electrons. The van der Waals surface area contributed by atoms with Crippen molar-refractivity contribution in [2.24, 2.45) is 0 Å². The Morgan fingerprint density at radius 3 is 2.48 bits per heavy atom. The van der Waals surface area contributed by atoms with Crippen LogP contribution in [0.25, 0.3) is 0 Å². The number of rotatable bonds is 7. The van der Waals surface area contributed by atoms with Gasteiger partial charge >= 0.3 is 0 Å². The van der Waals surface area contributed by atoms with Crippen LogP contribution in [0.5, 0.6) is 5.75 Å². The van der Waals surface area contributed by atoms with Crippen molar-refractivity contribution in [2.45, 2.75) is 11.3 Å². The van der Waals surface area contributed by atoms with Gasteiger partial charge in [0.25, 0.3) is 0 Å². The first-order valence-corrected chi connectivity index (χ1v) is 8.22.